The second kappa shape index (κ2) is 5.63. The van der Waals surface area contributed by atoms with E-state index in [1.165, 1.54) is 12.3 Å². The van der Waals surface area contributed by atoms with E-state index in [1.807, 2.05) is 0 Å². The van der Waals surface area contributed by atoms with Gasteiger partial charge in [-0.05, 0) is 18.2 Å². The number of rotatable bonds is 4. The molecule has 2 aromatic rings. The first-order valence-electron chi connectivity index (χ1n) is 5.30. The monoisotopic (exact) mass is 344 g/mol. The van der Waals surface area contributed by atoms with Crippen molar-refractivity contribution in [2.24, 2.45) is 7.05 Å². The maximum Gasteiger partial charge on any atom is 0.339 e. The predicted molar refractivity (Wildman–Crippen MR) is 73.7 cm³/mol. The Morgan fingerprint density at radius 3 is 2.89 bits per heavy atom. The first-order chi connectivity index (χ1) is 8.99. The van der Waals surface area contributed by atoms with E-state index in [2.05, 4.69) is 20.9 Å². The molecule has 1 aromatic carbocycles. The fourth-order valence-corrected chi connectivity index (χ4v) is 2.00. The average Bonchev–Trinajstić information content (AvgIpc) is 2.68. The Bertz CT molecular complexity index is 627. The lowest BCUT2D eigenvalue weighted by atomic mass is 10.2. The van der Waals surface area contributed by atoms with Crippen molar-refractivity contribution < 1.29 is 14.6 Å². The third kappa shape index (κ3) is 3.08. The molecule has 0 radical (unpaired) electrons. The van der Waals surface area contributed by atoms with Gasteiger partial charge >= 0.3 is 5.97 Å². The van der Waals surface area contributed by atoms with Gasteiger partial charge in [0, 0.05) is 11.5 Å². The topological polar surface area (TPSA) is 64.4 Å². The second-order valence-electron chi connectivity index (χ2n) is 3.79. The molecule has 1 heterocycles. The van der Waals surface area contributed by atoms with E-state index in [1.54, 1.807) is 23.7 Å². The molecule has 1 N–H and O–H groups in total. The van der Waals surface area contributed by atoms with Gasteiger partial charge in [-0.25, -0.2) is 9.78 Å². The van der Waals surface area contributed by atoms with Gasteiger partial charge in [0.25, 0.3) is 0 Å². The molecule has 0 aliphatic rings. The molecule has 0 fully saturated rings. The van der Waals surface area contributed by atoms with Crippen molar-refractivity contribution in [2.45, 2.75) is 6.61 Å². The van der Waals surface area contributed by atoms with Crippen LogP contribution in [0.2, 0.25) is 5.15 Å². The van der Waals surface area contributed by atoms with Gasteiger partial charge in [-0.15, -0.1) is 0 Å². The first-order valence-corrected chi connectivity index (χ1v) is 6.48. The van der Waals surface area contributed by atoms with Gasteiger partial charge in [0.05, 0.1) is 6.20 Å². The zero-order valence-corrected chi connectivity index (χ0v) is 12.3. The lowest BCUT2D eigenvalue weighted by Gasteiger charge is -2.09. The molecule has 0 unspecified atom stereocenters. The number of hydrogen-bond donors (Lipinski definition) is 1. The number of halogens is 2. The minimum Gasteiger partial charge on any atom is -0.485 e. The molecule has 0 atom stereocenters. The maximum atomic E-state index is 11.1. The molecular formula is C12H10BrClN2O3. The normalized spacial score (nSPS) is 10.5. The van der Waals surface area contributed by atoms with Crippen molar-refractivity contribution in [1.29, 1.82) is 0 Å². The van der Waals surface area contributed by atoms with Crippen molar-refractivity contribution in [2.75, 3.05) is 0 Å². The quantitative estimate of drug-likeness (QED) is 0.925. The van der Waals surface area contributed by atoms with Gasteiger partial charge in [0.1, 0.15) is 28.9 Å². The smallest absolute Gasteiger partial charge is 0.339 e. The fourth-order valence-electron chi connectivity index (χ4n) is 1.50. The van der Waals surface area contributed by atoms with E-state index in [9.17, 15) is 4.79 Å². The molecule has 1 aromatic heterocycles. The molecule has 0 saturated carbocycles. The standard InChI is InChI=1S/C12H10BrClN2O3/c1-16-10(14)5-15-11(16)6-19-9-3-2-7(13)4-8(9)12(17)18/h2-5H,6H2,1H3,(H,17,18). The molecule has 0 spiro atoms. The van der Waals surface area contributed by atoms with Crippen LogP contribution >= 0.6 is 27.5 Å². The van der Waals surface area contributed by atoms with Gasteiger partial charge in [-0.2, -0.15) is 0 Å². The summed E-state index contributed by atoms with van der Waals surface area (Å²) in [6.45, 7) is 0.144. The second-order valence-corrected chi connectivity index (χ2v) is 5.09. The molecule has 0 saturated heterocycles. The first kappa shape index (κ1) is 13.9. The Labute approximate surface area is 122 Å². The third-order valence-corrected chi connectivity index (χ3v) is 3.40. The van der Waals surface area contributed by atoms with Gasteiger partial charge < -0.3 is 14.4 Å². The van der Waals surface area contributed by atoms with E-state index >= 15 is 0 Å². The zero-order chi connectivity index (χ0) is 14.0. The van der Waals surface area contributed by atoms with E-state index in [0.717, 1.165) is 0 Å². The SMILES string of the molecule is Cn1c(Cl)cnc1COc1ccc(Br)cc1C(=O)O. The summed E-state index contributed by atoms with van der Waals surface area (Å²) in [6, 6.07) is 4.80. The Morgan fingerprint density at radius 2 is 2.32 bits per heavy atom. The van der Waals surface area contributed by atoms with E-state index in [0.29, 0.717) is 15.5 Å². The highest BCUT2D eigenvalue weighted by Crippen LogP contribution is 2.24. The molecule has 2 rings (SSSR count). The molecule has 100 valence electrons. The summed E-state index contributed by atoms with van der Waals surface area (Å²) in [6.07, 6.45) is 1.51. The summed E-state index contributed by atoms with van der Waals surface area (Å²) in [7, 11) is 1.76. The Kier molecular flexibility index (Phi) is 4.11. The molecule has 5 nitrogen and oxygen atoms in total. The van der Waals surface area contributed by atoms with Crippen molar-refractivity contribution in [3.63, 3.8) is 0 Å². The van der Waals surface area contributed by atoms with Crippen LogP contribution in [0.3, 0.4) is 0 Å². The molecule has 0 bridgehead atoms. The van der Waals surface area contributed by atoms with Crippen molar-refractivity contribution in [3.8, 4) is 5.75 Å². The lowest BCUT2D eigenvalue weighted by molar-refractivity contribution is 0.0691. The number of hydrogen-bond acceptors (Lipinski definition) is 3. The molecular weight excluding hydrogens is 336 g/mol. The summed E-state index contributed by atoms with van der Waals surface area (Å²) >= 11 is 9.08. The Morgan fingerprint density at radius 1 is 1.58 bits per heavy atom. The minimum absolute atomic E-state index is 0.0923. The number of carboxylic acids is 1. The molecule has 7 heteroatoms. The maximum absolute atomic E-state index is 11.1. The summed E-state index contributed by atoms with van der Waals surface area (Å²) in [5.41, 5.74) is 0.0923. The van der Waals surface area contributed by atoms with Gasteiger partial charge in [-0.3, -0.25) is 0 Å². The highest BCUT2D eigenvalue weighted by molar-refractivity contribution is 9.10. The van der Waals surface area contributed by atoms with Crippen LogP contribution in [0, 0.1) is 0 Å². The van der Waals surface area contributed by atoms with Gasteiger partial charge in [0.2, 0.25) is 0 Å². The third-order valence-electron chi connectivity index (χ3n) is 2.56. The number of ether oxygens (including phenoxy) is 1. The number of aromatic carboxylic acids is 1. The highest BCUT2D eigenvalue weighted by Gasteiger charge is 2.13. The summed E-state index contributed by atoms with van der Waals surface area (Å²) in [4.78, 5) is 15.2. The zero-order valence-electron chi connectivity index (χ0n) is 9.93. The van der Waals surface area contributed by atoms with Crippen molar-refractivity contribution in [1.82, 2.24) is 9.55 Å². The highest BCUT2D eigenvalue weighted by atomic mass is 79.9. The number of nitrogens with zero attached hydrogens (tertiary/aromatic N) is 2. The van der Waals surface area contributed by atoms with E-state index in [4.69, 9.17) is 21.4 Å². The van der Waals surface area contributed by atoms with Crippen molar-refractivity contribution >= 4 is 33.5 Å². The number of imidazole rings is 1. The number of aromatic nitrogens is 2. The number of benzene rings is 1. The average molecular weight is 346 g/mol. The molecule has 0 aliphatic heterocycles. The van der Waals surface area contributed by atoms with Crippen LogP contribution in [0.5, 0.6) is 5.75 Å². The fraction of sp³-hybridized carbons (Fsp3) is 0.167. The molecule has 0 aliphatic carbocycles. The predicted octanol–water partition coefficient (Wildman–Crippen LogP) is 3.11. The molecule has 0 amide bonds. The minimum atomic E-state index is -1.05. The van der Waals surface area contributed by atoms with Crippen LogP contribution in [0.1, 0.15) is 16.2 Å². The van der Waals surface area contributed by atoms with Gasteiger partial charge in [-0.1, -0.05) is 27.5 Å². The van der Waals surface area contributed by atoms with Crippen LogP contribution in [0.4, 0.5) is 0 Å². The van der Waals surface area contributed by atoms with Crippen LogP contribution in [-0.2, 0) is 13.7 Å². The summed E-state index contributed by atoms with van der Waals surface area (Å²) < 4.78 is 7.84. The van der Waals surface area contributed by atoms with Crippen LogP contribution in [-0.4, -0.2) is 20.6 Å². The van der Waals surface area contributed by atoms with Crippen LogP contribution in [0.15, 0.2) is 28.9 Å². The number of carbonyl (C=O) groups is 1. The van der Waals surface area contributed by atoms with E-state index < -0.39 is 5.97 Å². The summed E-state index contributed by atoms with van der Waals surface area (Å²) in [5, 5.41) is 9.60. The molecule has 19 heavy (non-hydrogen) atoms. The lowest BCUT2D eigenvalue weighted by Crippen LogP contribution is -2.07. The van der Waals surface area contributed by atoms with Crippen LogP contribution < -0.4 is 4.74 Å². The largest absolute Gasteiger partial charge is 0.485 e. The summed E-state index contributed by atoms with van der Waals surface area (Å²) in [5.74, 6) is -0.145. The van der Waals surface area contributed by atoms with E-state index in [-0.39, 0.29) is 17.9 Å². The van der Waals surface area contributed by atoms with Gasteiger partial charge in [0.15, 0.2) is 0 Å². The Balaban J connectivity index is 2.20. The van der Waals surface area contributed by atoms with Crippen molar-refractivity contribution in [3.05, 3.63) is 45.4 Å². The van der Waals surface area contributed by atoms with Crippen LogP contribution in [0.25, 0.3) is 0 Å². The Hall–Kier alpha value is -1.53. The number of carboxylic acid groups (broad SMARTS) is 1.